The SMILES string of the molecule is CCc1ccsc1C(=O)Nc1cccc(-c2ccn[nH]2)c1. The summed E-state index contributed by atoms with van der Waals surface area (Å²) >= 11 is 1.48. The van der Waals surface area contributed by atoms with Gasteiger partial charge in [0.15, 0.2) is 0 Å². The number of nitrogens with one attached hydrogen (secondary N) is 2. The van der Waals surface area contributed by atoms with Crippen LogP contribution in [0.4, 0.5) is 5.69 Å². The Hall–Kier alpha value is -2.40. The van der Waals surface area contributed by atoms with Crippen molar-refractivity contribution < 1.29 is 4.79 Å². The lowest BCUT2D eigenvalue weighted by atomic mass is 10.1. The Kier molecular flexibility index (Phi) is 3.83. The molecule has 0 bridgehead atoms. The molecule has 0 unspecified atom stereocenters. The smallest absolute Gasteiger partial charge is 0.266 e. The Balaban J connectivity index is 1.82. The molecule has 0 radical (unpaired) electrons. The lowest BCUT2D eigenvalue weighted by Crippen LogP contribution is -2.11. The lowest BCUT2D eigenvalue weighted by Gasteiger charge is -2.07. The number of rotatable bonds is 4. The summed E-state index contributed by atoms with van der Waals surface area (Å²) in [4.78, 5) is 13.1. The number of thiophene rings is 1. The van der Waals surface area contributed by atoms with E-state index in [2.05, 4.69) is 22.4 Å². The van der Waals surface area contributed by atoms with Gasteiger partial charge in [0.1, 0.15) is 0 Å². The summed E-state index contributed by atoms with van der Waals surface area (Å²) in [6.45, 7) is 2.05. The van der Waals surface area contributed by atoms with E-state index in [-0.39, 0.29) is 5.91 Å². The zero-order chi connectivity index (χ0) is 14.7. The molecule has 3 aromatic rings. The number of amides is 1. The molecular formula is C16H15N3OS. The number of carbonyl (C=O) groups excluding carboxylic acids is 1. The van der Waals surface area contributed by atoms with Crippen LogP contribution in [0.25, 0.3) is 11.3 Å². The molecule has 21 heavy (non-hydrogen) atoms. The van der Waals surface area contributed by atoms with Crippen LogP contribution >= 0.6 is 11.3 Å². The maximum absolute atomic E-state index is 12.3. The molecule has 106 valence electrons. The third-order valence-corrected chi connectivity index (χ3v) is 4.22. The Morgan fingerprint density at radius 1 is 1.33 bits per heavy atom. The zero-order valence-corrected chi connectivity index (χ0v) is 12.4. The predicted octanol–water partition coefficient (Wildman–Crippen LogP) is 3.95. The maximum atomic E-state index is 12.3. The van der Waals surface area contributed by atoms with Gasteiger partial charge in [-0.3, -0.25) is 9.89 Å². The highest BCUT2D eigenvalue weighted by atomic mass is 32.1. The molecule has 2 N–H and O–H groups in total. The average Bonchev–Trinajstić information content (AvgIpc) is 3.18. The molecule has 2 heterocycles. The van der Waals surface area contributed by atoms with Crippen molar-refractivity contribution >= 4 is 22.9 Å². The second kappa shape index (κ2) is 5.93. The second-order valence-electron chi connectivity index (χ2n) is 4.63. The molecule has 0 aliphatic heterocycles. The highest BCUT2D eigenvalue weighted by Gasteiger charge is 2.12. The van der Waals surface area contributed by atoms with E-state index >= 15 is 0 Å². The van der Waals surface area contributed by atoms with Crippen molar-refractivity contribution in [2.24, 2.45) is 0 Å². The highest BCUT2D eigenvalue weighted by molar-refractivity contribution is 7.12. The summed E-state index contributed by atoms with van der Waals surface area (Å²) in [5.41, 5.74) is 3.79. The van der Waals surface area contributed by atoms with Crippen LogP contribution in [0.1, 0.15) is 22.2 Å². The van der Waals surface area contributed by atoms with Crippen LogP contribution in [0.15, 0.2) is 48.0 Å². The molecule has 0 aliphatic carbocycles. The van der Waals surface area contributed by atoms with Gasteiger partial charge in [0.2, 0.25) is 0 Å². The number of anilines is 1. The van der Waals surface area contributed by atoms with E-state index in [1.807, 2.05) is 41.8 Å². The van der Waals surface area contributed by atoms with Gasteiger partial charge >= 0.3 is 0 Å². The van der Waals surface area contributed by atoms with Crippen molar-refractivity contribution in [2.75, 3.05) is 5.32 Å². The number of benzene rings is 1. The lowest BCUT2D eigenvalue weighted by molar-refractivity contribution is 0.103. The van der Waals surface area contributed by atoms with E-state index in [1.54, 1.807) is 6.20 Å². The molecule has 1 amide bonds. The van der Waals surface area contributed by atoms with E-state index in [1.165, 1.54) is 11.3 Å². The number of aryl methyl sites for hydroxylation is 1. The Morgan fingerprint density at radius 2 is 2.24 bits per heavy atom. The molecule has 0 saturated heterocycles. The van der Waals surface area contributed by atoms with Gasteiger partial charge in [0.25, 0.3) is 5.91 Å². The van der Waals surface area contributed by atoms with Crippen LogP contribution in [0, 0.1) is 0 Å². The minimum atomic E-state index is -0.0522. The van der Waals surface area contributed by atoms with Gasteiger partial charge in [-0.2, -0.15) is 5.10 Å². The van der Waals surface area contributed by atoms with Crippen LogP contribution < -0.4 is 5.32 Å². The third kappa shape index (κ3) is 2.87. The first-order valence-electron chi connectivity index (χ1n) is 6.75. The predicted molar refractivity (Wildman–Crippen MR) is 85.7 cm³/mol. The quantitative estimate of drug-likeness (QED) is 0.766. The fraction of sp³-hybridized carbons (Fsp3) is 0.125. The largest absolute Gasteiger partial charge is 0.321 e. The highest BCUT2D eigenvalue weighted by Crippen LogP contribution is 2.23. The first-order chi connectivity index (χ1) is 10.3. The number of carbonyl (C=O) groups is 1. The van der Waals surface area contributed by atoms with E-state index < -0.39 is 0 Å². The Morgan fingerprint density at radius 3 is 3.00 bits per heavy atom. The monoisotopic (exact) mass is 297 g/mol. The van der Waals surface area contributed by atoms with Gasteiger partial charge in [-0.25, -0.2) is 0 Å². The minimum Gasteiger partial charge on any atom is -0.321 e. The van der Waals surface area contributed by atoms with Crippen LogP contribution in [-0.2, 0) is 6.42 Å². The van der Waals surface area contributed by atoms with Crippen LogP contribution in [-0.4, -0.2) is 16.1 Å². The minimum absolute atomic E-state index is 0.0522. The number of aromatic amines is 1. The topological polar surface area (TPSA) is 57.8 Å². The summed E-state index contributed by atoms with van der Waals surface area (Å²) < 4.78 is 0. The second-order valence-corrected chi connectivity index (χ2v) is 5.55. The molecule has 3 rings (SSSR count). The molecule has 0 fully saturated rings. The summed E-state index contributed by atoms with van der Waals surface area (Å²) in [7, 11) is 0. The fourth-order valence-electron chi connectivity index (χ4n) is 2.18. The van der Waals surface area contributed by atoms with Crippen LogP contribution in [0.5, 0.6) is 0 Å². The van der Waals surface area contributed by atoms with E-state index in [4.69, 9.17) is 0 Å². The molecule has 0 saturated carbocycles. The van der Waals surface area contributed by atoms with Gasteiger partial charge in [-0.1, -0.05) is 19.1 Å². The van der Waals surface area contributed by atoms with Crippen molar-refractivity contribution in [3.8, 4) is 11.3 Å². The van der Waals surface area contributed by atoms with Crippen LogP contribution in [0.3, 0.4) is 0 Å². The Bertz CT molecular complexity index is 746. The number of hydrogen-bond acceptors (Lipinski definition) is 3. The molecule has 4 nitrogen and oxygen atoms in total. The molecule has 1 aromatic carbocycles. The van der Waals surface area contributed by atoms with Crippen molar-refractivity contribution in [3.63, 3.8) is 0 Å². The summed E-state index contributed by atoms with van der Waals surface area (Å²) in [6, 6.07) is 11.6. The molecular weight excluding hydrogens is 282 g/mol. The van der Waals surface area contributed by atoms with Crippen molar-refractivity contribution in [3.05, 3.63) is 58.4 Å². The third-order valence-electron chi connectivity index (χ3n) is 3.27. The number of hydrogen-bond donors (Lipinski definition) is 2. The fourth-order valence-corrected chi connectivity index (χ4v) is 3.07. The first kappa shape index (κ1) is 13.6. The van der Waals surface area contributed by atoms with Gasteiger partial charge in [0, 0.05) is 17.4 Å². The summed E-state index contributed by atoms with van der Waals surface area (Å²) in [6.07, 6.45) is 2.57. The molecule has 0 spiro atoms. The molecule has 0 aliphatic rings. The van der Waals surface area contributed by atoms with Gasteiger partial charge < -0.3 is 5.32 Å². The number of nitrogens with zero attached hydrogens (tertiary/aromatic N) is 1. The van der Waals surface area contributed by atoms with Crippen molar-refractivity contribution in [1.82, 2.24) is 10.2 Å². The van der Waals surface area contributed by atoms with E-state index in [0.29, 0.717) is 0 Å². The molecule has 0 atom stereocenters. The molecule has 2 aromatic heterocycles. The number of H-pyrrole nitrogens is 1. The zero-order valence-electron chi connectivity index (χ0n) is 11.6. The summed E-state index contributed by atoms with van der Waals surface area (Å²) in [5.74, 6) is -0.0522. The standard InChI is InChI=1S/C16H15N3OS/c1-2-11-7-9-21-15(11)16(20)18-13-5-3-4-12(10-13)14-6-8-17-19-14/h3-10H,2H2,1H3,(H,17,19)(H,18,20). The molecule has 5 heteroatoms. The maximum Gasteiger partial charge on any atom is 0.266 e. The first-order valence-corrected chi connectivity index (χ1v) is 7.63. The van der Waals surface area contributed by atoms with Gasteiger partial charge in [0.05, 0.1) is 10.6 Å². The van der Waals surface area contributed by atoms with E-state index in [0.717, 1.165) is 33.8 Å². The van der Waals surface area contributed by atoms with Gasteiger partial charge in [-0.15, -0.1) is 11.3 Å². The Labute approximate surface area is 126 Å². The average molecular weight is 297 g/mol. The van der Waals surface area contributed by atoms with Crippen LogP contribution in [0.2, 0.25) is 0 Å². The summed E-state index contributed by atoms with van der Waals surface area (Å²) in [5, 5.41) is 11.8. The normalized spacial score (nSPS) is 10.5. The van der Waals surface area contributed by atoms with Crippen molar-refractivity contribution in [1.29, 1.82) is 0 Å². The number of aromatic nitrogens is 2. The van der Waals surface area contributed by atoms with E-state index in [9.17, 15) is 4.79 Å². The van der Waals surface area contributed by atoms with Gasteiger partial charge in [-0.05, 0) is 41.6 Å². The van der Waals surface area contributed by atoms with Crippen molar-refractivity contribution in [2.45, 2.75) is 13.3 Å².